The van der Waals surface area contributed by atoms with Gasteiger partial charge in [-0.3, -0.25) is 0 Å². The first-order valence-corrected chi connectivity index (χ1v) is 7.16. The van der Waals surface area contributed by atoms with E-state index in [9.17, 15) is 4.39 Å². The van der Waals surface area contributed by atoms with Gasteiger partial charge in [-0.1, -0.05) is 30.3 Å². The van der Waals surface area contributed by atoms with Gasteiger partial charge in [0.2, 0.25) is 0 Å². The fourth-order valence-corrected chi connectivity index (χ4v) is 3.05. The number of rotatable bonds is 3. The number of halogens is 2. The van der Waals surface area contributed by atoms with Gasteiger partial charge in [0.25, 0.3) is 0 Å². The molecule has 0 nitrogen and oxygen atoms in total. The second kappa shape index (κ2) is 5.34. The third-order valence-corrected chi connectivity index (χ3v) is 4.22. The minimum atomic E-state index is -0.201. The summed E-state index contributed by atoms with van der Waals surface area (Å²) in [4.78, 5) is 0. The first-order chi connectivity index (χ1) is 9.22. The SMILES string of the molecule is Fc1ccc(CC(Cl)c2ccc3c(c2)CCC3)cc1. The molecule has 0 heterocycles. The van der Waals surface area contributed by atoms with E-state index in [0.29, 0.717) is 0 Å². The maximum absolute atomic E-state index is 12.9. The molecule has 1 aliphatic carbocycles. The van der Waals surface area contributed by atoms with Gasteiger partial charge < -0.3 is 0 Å². The standard InChI is InChI=1S/C17H16ClF/c18-17(10-12-4-8-16(19)9-5-12)15-7-6-13-2-1-3-14(13)11-15/h4-9,11,17H,1-3,10H2. The summed E-state index contributed by atoms with van der Waals surface area (Å²) in [5.41, 5.74) is 5.16. The Bertz CT molecular complexity index is 574. The van der Waals surface area contributed by atoms with Crippen molar-refractivity contribution in [1.82, 2.24) is 0 Å². The monoisotopic (exact) mass is 274 g/mol. The predicted molar refractivity (Wildman–Crippen MR) is 77.2 cm³/mol. The summed E-state index contributed by atoms with van der Waals surface area (Å²) in [5.74, 6) is -0.201. The molecule has 0 saturated carbocycles. The molecule has 1 atom stereocenters. The van der Waals surface area contributed by atoms with Crippen molar-refractivity contribution in [3.8, 4) is 0 Å². The number of alkyl halides is 1. The summed E-state index contributed by atoms with van der Waals surface area (Å²) in [6.07, 6.45) is 4.36. The third-order valence-electron chi connectivity index (χ3n) is 3.81. The van der Waals surface area contributed by atoms with E-state index in [1.807, 2.05) is 0 Å². The van der Waals surface area contributed by atoms with E-state index in [4.69, 9.17) is 11.6 Å². The molecule has 0 amide bonds. The van der Waals surface area contributed by atoms with Gasteiger partial charge in [-0.2, -0.15) is 0 Å². The number of hydrogen-bond acceptors (Lipinski definition) is 0. The summed E-state index contributed by atoms with van der Waals surface area (Å²) in [6.45, 7) is 0. The van der Waals surface area contributed by atoms with E-state index < -0.39 is 0 Å². The number of aryl methyl sites for hydroxylation is 2. The zero-order valence-corrected chi connectivity index (χ0v) is 11.5. The van der Waals surface area contributed by atoms with Crippen LogP contribution in [0, 0.1) is 5.82 Å². The molecule has 0 radical (unpaired) electrons. The number of fused-ring (bicyclic) bond motifs is 1. The summed E-state index contributed by atoms with van der Waals surface area (Å²) < 4.78 is 12.9. The Morgan fingerprint density at radius 3 is 2.53 bits per heavy atom. The van der Waals surface area contributed by atoms with Crippen LogP contribution in [0.1, 0.15) is 34.1 Å². The Hall–Kier alpha value is -1.34. The van der Waals surface area contributed by atoms with Crippen molar-refractivity contribution in [1.29, 1.82) is 0 Å². The maximum atomic E-state index is 12.9. The predicted octanol–water partition coefficient (Wildman–Crippen LogP) is 4.84. The van der Waals surface area contributed by atoms with E-state index in [1.54, 1.807) is 12.1 Å². The molecule has 1 aliphatic rings. The topological polar surface area (TPSA) is 0 Å². The van der Waals surface area contributed by atoms with Crippen molar-refractivity contribution >= 4 is 11.6 Å². The van der Waals surface area contributed by atoms with Crippen molar-refractivity contribution in [2.24, 2.45) is 0 Å². The van der Waals surface area contributed by atoms with Crippen LogP contribution in [0.4, 0.5) is 4.39 Å². The number of benzene rings is 2. The van der Waals surface area contributed by atoms with Gasteiger partial charge in [-0.15, -0.1) is 11.6 Å². The van der Waals surface area contributed by atoms with Gasteiger partial charge in [0, 0.05) is 0 Å². The molecule has 0 N–H and O–H groups in total. The van der Waals surface area contributed by atoms with Crippen molar-refractivity contribution < 1.29 is 4.39 Å². The largest absolute Gasteiger partial charge is 0.207 e. The molecule has 0 saturated heterocycles. The molecule has 0 bridgehead atoms. The molecule has 1 unspecified atom stereocenters. The van der Waals surface area contributed by atoms with Crippen LogP contribution in [-0.2, 0) is 19.3 Å². The van der Waals surface area contributed by atoms with Gasteiger partial charge in [0.05, 0.1) is 5.38 Å². The molecule has 98 valence electrons. The van der Waals surface area contributed by atoms with Crippen LogP contribution in [-0.4, -0.2) is 0 Å². The van der Waals surface area contributed by atoms with E-state index in [-0.39, 0.29) is 11.2 Å². The fourth-order valence-electron chi connectivity index (χ4n) is 2.73. The van der Waals surface area contributed by atoms with Crippen LogP contribution < -0.4 is 0 Å². The maximum Gasteiger partial charge on any atom is 0.123 e. The summed E-state index contributed by atoms with van der Waals surface area (Å²) >= 11 is 6.49. The lowest BCUT2D eigenvalue weighted by Gasteiger charge is -2.12. The highest BCUT2D eigenvalue weighted by Crippen LogP contribution is 2.30. The summed E-state index contributed by atoms with van der Waals surface area (Å²) in [6, 6.07) is 13.2. The molecule has 19 heavy (non-hydrogen) atoms. The molecule has 0 fully saturated rings. The molecular formula is C17H16ClF. The second-order valence-corrected chi connectivity index (χ2v) is 5.71. The van der Waals surface area contributed by atoms with E-state index in [2.05, 4.69) is 18.2 Å². The smallest absolute Gasteiger partial charge is 0.123 e. The summed E-state index contributed by atoms with van der Waals surface area (Å²) in [7, 11) is 0. The lowest BCUT2D eigenvalue weighted by Crippen LogP contribution is -1.97. The van der Waals surface area contributed by atoms with Crippen LogP contribution in [0.5, 0.6) is 0 Å². The molecule has 0 aromatic heterocycles. The molecule has 2 heteroatoms. The van der Waals surface area contributed by atoms with Crippen molar-refractivity contribution in [3.05, 3.63) is 70.5 Å². The van der Waals surface area contributed by atoms with Gasteiger partial charge >= 0.3 is 0 Å². The van der Waals surface area contributed by atoms with E-state index in [0.717, 1.165) is 12.0 Å². The minimum Gasteiger partial charge on any atom is -0.207 e. The van der Waals surface area contributed by atoms with Crippen molar-refractivity contribution in [3.63, 3.8) is 0 Å². The Kier molecular flexibility index (Phi) is 3.56. The molecule has 2 aromatic rings. The zero-order chi connectivity index (χ0) is 13.2. The van der Waals surface area contributed by atoms with Crippen molar-refractivity contribution in [2.75, 3.05) is 0 Å². The van der Waals surface area contributed by atoms with Crippen LogP contribution in [0.2, 0.25) is 0 Å². The van der Waals surface area contributed by atoms with Gasteiger partial charge in [-0.25, -0.2) is 4.39 Å². The fraction of sp³-hybridized carbons (Fsp3) is 0.294. The highest BCUT2D eigenvalue weighted by molar-refractivity contribution is 6.20. The summed E-state index contributed by atoms with van der Waals surface area (Å²) in [5, 5.41) is -0.0450. The lowest BCUT2D eigenvalue weighted by atomic mass is 10.00. The molecule has 2 aromatic carbocycles. The molecule has 0 aliphatic heterocycles. The average Bonchev–Trinajstić information content (AvgIpc) is 2.88. The zero-order valence-electron chi connectivity index (χ0n) is 10.7. The highest BCUT2D eigenvalue weighted by Gasteiger charge is 2.15. The third kappa shape index (κ3) is 2.82. The molecule has 0 spiro atoms. The van der Waals surface area contributed by atoms with Crippen LogP contribution >= 0.6 is 11.6 Å². The Labute approximate surface area is 118 Å². The highest BCUT2D eigenvalue weighted by atomic mass is 35.5. The lowest BCUT2D eigenvalue weighted by molar-refractivity contribution is 0.627. The Morgan fingerprint density at radius 2 is 1.74 bits per heavy atom. The first-order valence-electron chi connectivity index (χ1n) is 6.72. The Morgan fingerprint density at radius 1 is 1.00 bits per heavy atom. The Balaban J connectivity index is 1.76. The van der Waals surface area contributed by atoms with Crippen LogP contribution in [0.15, 0.2) is 42.5 Å². The van der Waals surface area contributed by atoms with Crippen molar-refractivity contribution in [2.45, 2.75) is 31.1 Å². The van der Waals surface area contributed by atoms with Crippen LogP contribution in [0.3, 0.4) is 0 Å². The molecular weight excluding hydrogens is 259 g/mol. The quantitative estimate of drug-likeness (QED) is 0.703. The minimum absolute atomic E-state index is 0.0450. The van der Waals surface area contributed by atoms with E-state index in [1.165, 1.54) is 48.1 Å². The second-order valence-electron chi connectivity index (χ2n) is 5.18. The first kappa shape index (κ1) is 12.7. The van der Waals surface area contributed by atoms with E-state index >= 15 is 0 Å². The van der Waals surface area contributed by atoms with Crippen LogP contribution in [0.25, 0.3) is 0 Å². The van der Waals surface area contributed by atoms with Gasteiger partial charge in [0.1, 0.15) is 5.82 Å². The van der Waals surface area contributed by atoms with Gasteiger partial charge in [-0.05, 0) is 60.1 Å². The normalized spacial score (nSPS) is 15.3. The average molecular weight is 275 g/mol. The van der Waals surface area contributed by atoms with Gasteiger partial charge in [0.15, 0.2) is 0 Å². The number of hydrogen-bond donors (Lipinski definition) is 0. The molecule has 3 rings (SSSR count).